The van der Waals surface area contributed by atoms with E-state index in [4.69, 9.17) is 49.2 Å². The van der Waals surface area contributed by atoms with Gasteiger partial charge in [0.05, 0.1) is 82.4 Å². The lowest BCUT2D eigenvalue weighted by Gasteiger charge is -2.19. The van der Waals surface area contributed by atoms with Crippen molar-refractivity contribution in [3.8, 4) is 0 Å². The molecule has 0 saturated carbocycles. The van der Waals surface area contributed by atoms with Gasteiger partial charge >= 0.3 is 11.9 Å². The van der Waals surface area contributed by atoms with Crippen LogP contribution in [-0.4, -0.2) is 120 Å². The summed E-state index contributed by atoms with van der Waals surface area (Å²) in [5.74, 6) is -1.74. The molecule has 0 aliphatic heterocycles. The van der Waals surface area contributed by atoms with Gasteiger partial charge in [-0.15, -0.1) is 0 Å². The molecule has 6 atom stereocenters. The van der Waals surface area contributed by atoms with Crippen LogP contribution in [0.2, 0.25) is 0 Å². The fourth-order valence-electron chi connectivity index (χ4n) is 2.28. The van der Waals surface area contributed by atoms with Crippen molar-refractivity contribution in [2.24, 2.45) is 0 Å². The molecule has 0 rings (SSSR count). The van der Waals surface area contributed by atoms with E-state index < -0.39 is 24.1 Å². The molecule has 0 heterocycles. The quantitative estimate of drug-likeness (QED) is 0.127. The molecule has 0 spiro atoms. The maximum absolute atomic E-state index is 9.90. The van der Waals surface area contributed by atoms with Crippen molar-refractivity contribution >= 4 is 11.9 Å². The van der Waals surface area contributed by atoms with Gasteiger partial charge in [-0.25, -0.2) is 0 Å². The second kappa shape index (κ2) is 28.2. The summed E-state index contributed by atoms with van der Waals surface area (Å²) in [7, 11) is 0. The first-order valence-corrected chi connectivity index (χ1v) is 13.6. The smallest absolute Gasteiger partial charge is 0.303 e. The Labute approximate surface area is 234 Å². The third-order valence-corrected chi connectivity index (χ3v) is 4.43. The van der Waals surface area contributed by atoms with Crippen LogP contribution < -0.4 is 0 Å². The lowest BCUT2D eigenvalue weighted by Crippen LogP contribution is -2.26. The molecule has 0 aliphatic rings. The van der Waals surface area contributed by atoms with Gasteiger partial charge in [-0.2, -0.15) is 0 Å². The molecule has 6 unspecified atom stereocenters. The fourth-order valence-corrected chi connectivity index (χ4v) is 2.28. The normalized spacial score (nSPS) is 15.6. The zero-order valence-corrected chi connectivity index (χ0v) is 25.2. The van der Waals surface area contributed by atoms with Crippen LogP contribution >= 0.6 is 0 Å². The van der Waals surface area contributed by atoms with Crippen LogP contribution in [-0.2, 0) is 33.3 Å². The molecule has 39 heavy (non-hydrogen) atoms. The Hall–Kier alpha value is -1.38. The van der Waals surface area contributed by atoms with Gasteiger partial charge < -0.3 is 49.2 Å². The first-order valence-electron chi connectivity index (χ1n) is 13.6. The maximum atomic E-state index is 9.90. The Morgan fingerprint density at radius 2 is 0.846 bits per heavy atom. The molecule has 0 fully saturated rings. The zero-order chi connectivity index (χ0) is 30.8. The number of carboxylic acids is 2. The van der Waals surface area contributed by atoms with Crippen LogP contribution in [0.4, 0.5) is 0 Å². The second-order valence-corrected chi connectivity index (χ2v) is 9.83. The summed E-state index contributed by atoms with van der Waals surface area (Å²) in [5.41, 5.74) is 0. The lowest BCUT2D eigenvalue weighted by atomic mass is 10.2. The van der Waals surface area contributed by atoms with Crippen molar-refractivity contribution in [2.75, 3.05) is 39.6 Å². The largest absolute Gasteiger partial charge is 0.481 e. The molecule has 0 aromatic carbocycles. The Kier molecular flexibility index (Phi) is 30.4. The Morgan fingerprint density at radius 3 is 1.13 bits per heavy atom. The molecule has 0 radical (unpaired) electrons. The molecule has 12 heteroatoms. The lowest BCUT2D eigenvalue weighted by molar-refractivity contribution is -0.139. The molecular weight excluding hydrogens is 516 g/mol. The van der Waals surface area contributed by atoms with E-state index in [1.807, 2.05) is 34.6 Å². The van der Waals surface area contributed by atoms with Gasteiger partial charge in [0.1, 0.15) is 0 Å². The number of carboxylic acid groups (broad SMARTS) is 2. The van der Waals surface area contributed by atoms with Crippen molar-refractivity contribution < 1.29 is 58.8 Å². The Morgan fingerprint density at radius 1 is 0.538 bits per heavy atom. The number of aliphatic hydroxyl groups is 3. The second-order valence-electron chi connectivity index (χ2n) is 9.83. The standard InChI is InChI=1S/C12H26O4.C9H20O4.C6H10O4/c1-9(2)14-7-11(4)16-8-12(5)15-6-10(3)13;1-7(11)5-12-9(3)6-13-8(2)4-10;7-5(8)3-1-2-4-6(9)10/h9-13H,6-8H2,1-5H3;7-11H,4-6H2,1-3H3;1-4H2,(H,7,8)(H,9,10). The van der Waals surface area contributed by atoms with E-state index in [0.717, 1.165) is 0 Å². The van der Waals surface area contributed by atoms with E-state index in [0.29, 0.717) is 45.9 Å². The van der Waals surface area contributed by atoms with E-state index in [-0.39, 0.29) is 50.0 Å². The van der Waals surface area contributed by atoms with Crippen LogP contribution in [0.1, 0.15) is 81.1 Å². The predicted molar refractivity (Wildman–Crippen MR) is 147 cm³/mol. The summed E-state index contributed by atoms with van der Waals surface area (Å²) in [6.45, 7) is 17.2. The van der Waals surface area contributed by atoms with Crippen LogP contribution in [0.5, 0.6) is 0 Å². The molecule has 0 aromatic rings. The monoisotopic (exact) mass is 572 g/mol. The van der Waals surface area contributed by atoms with Crippen LogP contribution in [0.3, 0.4) is 0 Å². The van der Waals surface area contributed by atoms with E-state index in [9.17, 15) is 9.59 Å². The number of aliphatic hydroxyl groups excluding tert-OH is 3. The Bertz CT molecular complexity index is 523. The van der Waals surface area contributed by atoms with Gasteiger partial charge in [-0.1, -0.05) is 0 Å². The SMILES string of the molecule is CC(O)COC(C)COC(C)CO.CC(O)COC(C)COC(C)COC(C)C.O=C(O)CCCCC(=O)O. The first kappa shape index (κ1) is 42.1. The van der Waals surface area contributed by atoms with Gasteiger partial charge in [0.15, 0.2) is 0 Å². The summed E-state index contributed by atoms with van der Waals surface area (Å²) in [6, 6.07) is 0. The number of unbranched alkanes of at least 4 members (excludes halogenated alkanes) is 1. The third-order valence-electron chi connectivity index (χ3n) is 4.43. The molecule has 5 N–H and O–H groups in total. The minimum Gasteiger partial charge on any atom is -0.481 e. The number of carbonyl (C=O) groups is 2. The van der Waals surface area contributed by atoms with E-state index in [2.05, 4.69) is 0 Å². The highest BCUT2D eigenvalue weighted by Crippen LogP contribution is 2.01. The highest BCUT2D eigenvalue weighted by atomic mass is 16.6. The molecule has 0 aromatic heterocycles. The zero-order valence-electron chi connectivity index (χ0n) is 25.2. The van der Waals surface area contributed by atoms with Crippen molar-refractivity contribution in [1.29, 1.82) is 0 Å². The van der Waals surface area contributed by atoms with Gasteiger partial charge in [0.25, 0.3) is 0 Å². The van der Waals surface area contributed by atoms with Crippen molar-refractivity contribution in [1.82, 2.24) is 0 Å². The Balaban J connectivity index is -0.000000513. The number of rotatable bonds is 21. The summed E-state index contributed by atoms with van der Waals surface area (Å²) in [6.07, 6.45) is 0.234. The fraction of sp³-hybridized carbons (Fsp3) is 0.926. The first-order chi connectivity index (χ1) is 18.1. The number of hydrogen-bond donors (Lipinski definition) is 5. The van der Waals surface area contributed by atoms with Crippen molar-refractivity contribution in [3.05, 3.63) is 0 Å². The highest BCUT2D eigenvalue weighted by Gasteiger charge is 2.09. The number of hydrogen-bond acceptors (Lipinski definition) is 10. The summed E-state index contributed by atoms with van der Waals surface area (Å²) < 4.78 is 26.8. The molecule has 12 nitrogen and oxygen atoms in total. The van der Waals surface area contributed by atoms with E-state index in [1.165, 1.54) is 0 Å². The molecular formula is C27H56O12. The predicted octanol–water partition coefficient (Wildman–Crippen LogP) is 2.49. The number of aliphatic carboxylic acids is 2. The minimum atomic E-state index is -0.870. The van der Waals surface area contributed by atoms with Crippen molar-refractivity contribution in [2.45, 2.75) is 124 Å². The molecule has 0 amide bonds. The number of ether oxygens (including phenoxy) is 5. The van der Waals surface area contributed by atoms with E-state index >= 15 is 0 Å². The van der Waals surface area contributed by atoms with Crippen LogP contribution in [0.25, 0.3) is 0 Å². The van der Waals surface area contributed by atoms with Crippen molar-refractivity contribution in [3.63, 3.8) is 0 Å². The minimum absolute atomic E-state index is 0.00361. The highest BCUT2D eigenvalue weighted by molar-refractivity contribution is 5.67. The summed E-state index contributed by atoms with van der Waals surface area (Å²) >= 11 is 0. The van der Waals surface area contributed by atoms with E-state index in [1.54, 1.807) is 20.8 Å². The van der Waals surface area contributed by atoms with Gasteiger partial charge in [0.2, 0.25) is 0 Å². The van der Waals surface area contributed by atoms with Gasteiger partial charge in [-0.3, -0.25) is 9.59 Å². The van der Waals surface area contributed by atoms with Gasteiger partial charge in [-0.05, 0) is 68.2 Å². The van der Waals surface area contributed by atoms with Gasteiger partial charge in [0, 0.05) is 12.8 Å². The molecule has 236 valence electrons. The van der Waals surface area contributed by atoms with Crippen LogP contribution in [0.15, 0.2) is 0 Å². The van der Waals surface area contributed by atoms with Crippen LogP contribution in [0, 0.1) is 0 Å². The third kappa shape index (κ3) is 41.2. The summed E-state index contributed by atoms with van der Waals surface area (Å²) in [5, 5.41) is 42.9. The topological polar surface area (TPSA) is 181 Å². The maximum Gasteiger partial charge on any atom is 0.303 e. The average Bonchev–Trinajstić information content (AvgIpc) is 2.85. The summed E-state index contributed by atoms with van der Waals surface area (Å²) in [4.78, 5) is 19.8. The molecule has 0 aliphatic carbocycles. The molecule has 0 saturated heterocycles. The average molecular weight is 573 g/mol. The molecule has 0 bridgehead atoms.